The fraction of sp³-hybridized carbons (Fsp3) is 0.500. The minimum absolute atomic E-state index is 0.0554. The van der Waals surface area contributed by atoms with E-state index in [2.05, 4.69) is 0 Å². The minimum atomic E-state index is -0.470. The third-order valence-corrected chi connectivity index (χ3v) is 2.61. The predicted molar refractivity (Wildman–Crippen MR) is 72.5 cm³/mol. The molecule has 5 heteroatoms. The van der Waals surface area contributed by atoms with Gasteiger partial charge in [0.05, 0.1) is 11.5 Å². The molecule has 0 aliphatic carbocycles. The summed E-state index contributed by atoms with van der Waals surface area (Å²) in [7, 11) is 0. The molecule has 0 heterocycles. The molecule has 0 aliphatic heterocycles. The molecule has 5 nitrogen and oxygen atoms in total. The molecule has 0 saturated heterocycles. The van der Waals surface area contributed by atoms with Crippen LogP contribution in [0, 0.1) is 10.1 Å². The Kier molecular flexibility index (Phi) is 5.99. The van der Waals surface area contributed by atoms with E-state index in [0.29, 0.717) is 19.4 Å². The number of hydrogen-bond donors (Lipinski definition) is 0. The first-order valence-corrected chi connectivity index (χ1v) is 6.50. The molecule has 0 N–H and O–H groups in total. The summed E-state index contributed by atoms with van der Waals surface area (Å²) in [5, 5.41) is 10.9. The van der Waals surface area contributed by atoms with Crippen LogP contribution in [-0.2, 0) is 11.2 Å². The first-order chi connectivity index (χ1) is 9.08. The van der Waals surface area contributed by atoms with Gasteiger partial charge in [-0.25, -0.2) is 0 Å². The second-order valence-electron chi connectivity index (χ2n) is 4.37. The lowest BCUT2D eigenvalue weighted by atomic mass is 10.1. The highest BCUT2D eigenvalue weighted by molar-refractivity contribution is 5.81. The Bertz CT molecular complexity index is 457. The Morgan fingerprint density at radius 3 is 2.63 bits per heavy atom. The number of hydrogen-bond acceptors (Lipinski definition) is 4. The fourth-order valence-electron chi connectivity index (χ4n) is 1.74. The van der Waals surface area contributed by atoms with Gasteiger partial charge >= 0.3 is 5.69 Å². The number of rotatable bonds is 8. The van der Waals surface area contributed by atoms with Gasteiger partial charge in [0.25, 0.3) is 0 Å². The van der Waals surface area contributed by atoms with Crippen molar-refractivity contribution >= 4 is 11.5 Å². The number of carbonyl (C=O) groups excluding carboxylic acids is 1. The standard InChI is InChI=1S/C14H19NO4/c1-3-5-12(16)9-11-6-7-13(15(17)18)14(10-11)19-8-4-2/h6-7,10H,3-5,8-9H2,1-2H3. The smallest absolute Gasteiger partial charge is 0.310 e. The summed E-state index contributed by atoms with van der Waals surface area (Å²) in [6.45, 7) is 4.30. The monoisotopic (exact) mass is 265 g/mol. The van der Waals surface area contributed by atoms with Gasteiger partial charge in [-0.1, -0.05) is 19.9 Å². The van der Waals surface area contributed by atoms with Gasteiger partial charge in [-0.3, -0.25) is 14.9 Å². The van der Waals surface area contributed by atoms with E-state index in [1.807, 2.05) is 13.8 Å². The van der Waals surface area contributed by atoms with Crippen LogP contribution < -0.4 is 4.74 Å². The van der Waals surface area contributed by atoms with Crippen LogP contribution in [0.1, 0.15) is 38.7 Å². The van der Waals surface area contributed by atoms with Crippen LogP contribution in [0.25, 0.3) is 0 Å². The molecule has 0 spiro atoms. The van der Waals surface area contributed by atoms with Crippen molar-refractivity contribution in [3.05, 3.63) is 33.9 Å². The maximum atomic E-state index is 11.6. The van der Waals surface area contributed by atoms with E-state index >= 15 is 0 Å². The van der Waals surface area contributed by atoms with Gasteiger partial charge in [-0.15, -0.1) is 0 Å². The number of ketones is 1. The molecule has 0 atom stereocenters. The van der Waals surface area contributed by atoms with Crippen molar-refractivity contribution in [1.29, 1.82) is 0 Å². The normalized spacial score (nSPS) is 10.2. The van der Waals surface area contributed by atoms with Crippen LogP contribution in [0.4, 0.5) is 5.69 Å². The zero-order chi connectivity index (χ0) is 14.3. The summed E-state index contributed by atoms with van der Waals surface area (Å²) in [5.41, 5.74) is 0.704. The third kappa shape index (κ3) is 4.69. The Hall–Kier alpha value is -1.91. The fourth-order valence-corrected chi connectivity index (χ4v) is 1.74. The summed E-state index contributed by atoms with van der Waals surface area (Å²) in [5.74, 6) is 0.381. The lowest BCUT2D eigenvalue weighted by Gasteiger charge is -2.07. The highest BCUT2D eigenvalue weighted by Crippen LogP contribution is 2.28. The van der Waals surface area contributed by atoms with Crippen molar-refractivity contribution in [3.63, 3.8) is 0 Å². The molecule has 1 aromatic rings. The van der Waals surface area contributed by atoms with Gasteiger partial charge in [0.1, 0.15) is 5.78 Å². The van der Waals surface area contributed by atoms with Crippen LogP contribution in [0.5, 0.6) is 5.75 Å². The highest BCUT2D eigenvalue weighted by atomic mass is 16.6. The summed E-state index contributed by atoms with van der Waals surface area (Å²) in [6, 6.07) is 4.62. The Labute approximate surface area is 112 Å². The highest BCUT2D eigenvalue weighted by Gasteiger charge is 2.16. The van der Waals surface area contributed by atoms with E-state index in [0.717, 1.165) is 18.4 Å². The summed E-state index contributed by atoms with van der Waals surface area (Å²) in [6.07, 6.45) is 2.41. The van der Waals surface area contributed by atoms with E-state index < -0.39 is 4.92 Å². The van der Waals surface area contributed by atoms with E-state index in [4.69, 9.17) is 4.74 Å². The van der Waals surface area contributed by atoms with E-state index in [-0.39, 0.29) is 17.2 Å². The predicted octanol–water partition coefficient (Wildman–Crippen LogP) is 3.30. The van der Waals surface area contributed by atoms with Crippen LogP contribution in [-0.4, -0.2) is 17.3 Å². The molecule has 104 valence electrons. The molecule has 0 amide bonds. The number of carbonyl (C=O) groups is 1. The first kappa shape index (κ1) is 15.1. The van der Waals surface area contributed by atoms with Gasteiger partial charge in [0, 0.05) is 18.9 Å². The van der Waals surface area contributed by atoms with Gasteiger partial charge in [0.2, 0.25) is 0 Å². The average Bonchev–Trinajstić information content (AvgIpc) is 2.36. The van der Waals surface area contributed by atoms with E-state index in [1.54, 1.807) is 12.1 Å². The molecule has 0 aromatic heterocycles. The summed E-state index contributed by atoms with van der Waals surface area (Å²) < 4.78 is 5.38. The largest absolute Gasteiger partial charge is 0.487 e. The molecule has 0 unspecified atom stereocenters. The molecule has 0 radical (unpaired) electrons. The van der Waals surface area contributed by atoms with Crippen LogP contribution in [0.15, 0.2) is 18.2 Å². The van der Waals surface area contributed by atoms with E-state index in [1.165, 1.54) is 6.07 Å². The zero-order valence-corrected chi connectivity index (χ0v) is 11.3. The van der Waals surface area contributed by atoms with Crippen molar-refractivity contribution in [1.82, 2.24) is 0 Å². The van der Waals surface area contributed by atoms with Gasteiger partial charge in [-0.05, 0) is 24.5 Å². The van der Waals surface area contributed by atoms with Crippen molar-refractivity contribution in [2.24, 2.45) is 0 Å². The Morgan fingerprint density at radius 1 is 1.32 bits per heavy atom. The average molecular weight is 265 g/mol. The van der Waals surface area contributed by atoms with Crippen LogP contribution >= 0.6 is 0 Å². The minimum Gasteiger partial charge on any atom is -0.487 e. The van der Waals surface area contributed by atoms with Gasteiger partial charge < -0.3 is 4.74 Å². The summed E-state index contributed by atoms with van der Waals surface area (Å²) in [4.78, 5) is 22.0. The van der Waals surface area contributed by atoms with Crippen LogP contribution in [0.3, 0.4) is 0 Å². The quantitative estimate of drug-likeness (QED) is 0.534. The topological polar surface area (TPSA) is 69.4 Å². The number of ether oxygens (including phenoxy) is 1. The number of nitro groups is 1. The molecule has 19 heavy (non-hydrogen) atoms. The Morgan fingerprint density at radius 2 is 2.05 bits per heavy atom. The van der Waals surface area contributed by atoms with E-state index in [9.17, 15) is 14.9 Å². The first-order valence-electron chi connectivity index (χ1n) is 6.50. The molecular formula is C14H19NO4. The SMILES string of the molecule is CCCOc1cc(CC(=O)CCC)ccc1[N+](=O)[O-]. The molecule has 0 fully saturated rings. The van der Waals surface area contributed by atoms with Crippen LogP contribution in [0.2, 0.25) is 0 Å². The third-order valence-electron chi connectivity index (χ3n) is 2.61. The maximum absolute atomic E-state index is 11.6. The summed E-state index contributed by atoms with van der Waals surface area (Å²) >= 11 is 0. The number of nitro benzene ring substituents is 1. The van der Waals surface area contributed by atoms with Crippen molar-refractivity contribution in [2.75, 3.05) is 6.61 Å². The second kappa shape index (κ2) is 7.51. The number of benzene rings is 1. The lowest BCUT2D eigenvalue weighted by molar-refractivity contribution is -0.385. The van der Waals surface area contributed by atoms with Crippen molar-refractivity contribution < 1.29 is 14.5 Å². The number of Topliss-reactive ketones (excluding diaryl/α,β-unsaturated/α-hetero) is 1. The Balaban J connectivity index is 2.90. The molecule has 0 bridgehead atoms. The second-order valence-corrected chi connectivity index (χ2v) is 4.37. The molecule has 0 aliphatic rings. The molecule has 1 aromatic carbocycles. The molecule has 0 saturated carbocycles. The van der Waals surface area contributed by atoms with Gasteiger partial charge in [-0.2, -0.15) is 0 Å². The molecule has 1 rings (SSSR count). The lowest BCUT2D eigenvalue weighted by Crippen LogP contribution is -2.04. The van der Waals surface area contributed by atoms with Gasteiger partial charge in [0.15, 0.2) is 5.75 Å². The zero-order valence-electron chi connectivity index (χ0n) is 11.3. The maximum Gasteiger partial charge on any atom is 0.310 e. The number of nitrogens with zero attached hydrogens (tertiary/aromatic N) is 1. The molecular weight excluding hydrogens is 246 g/mol. The van der Waals surface area contributed by atoms with Crippen molar-refractivity contribution in [3.8, 4) is 5.75 Å². The van der Waals surface area contributed by atoms with Crippen molar-refractivity contribution in [2.45, 2.75) is 39.5 Å².